The summed E-state index contributed by atoms with van der Waals surface area (Å²) in [7, 11) is 3.29. The van der Waals surface area contributed by atoms with E-state index in [-0.39, 0.29) is 5.92 Å². The van der Waals surface area contributed by atoms with Gasteiger partial charge in [-0.3, -0.25) is 0 Å². The van der Waals surface area contributed by atoms with Gasteiger partial charge in [0, 0.05) is 22.4 Å². The second-order valence-corrected chi connectivity index (χ2v) is 7.21. The highest BCUT2D eigenvalue weighted by atomic mass is 16.5. The molecule has 0 spiro atoms. The van der Waals surface area contributed by atoms with Gasteiger partial charge >= 0.3 is 0 Å². The van der Waals surface area contributed by atoms with Crippen molar-refractivity contribution in [2.45, 2.75) is 33.1 Å². The van der Waals surface area contributed by atoms with Crippen molar-refractivity contribution in [1.29, 1.82) is 0 Å². The van der Waals surface area contributed by atoms with Crippen LogP contribution in [0, 0.1) is 0 Å². The van der Waals surface area contributed by atoms with Crippen LogP contribution in [0.25, 0.3) is 22.5 Å². The Morgan fingerprint density at radius 1 is 1.10 bits per heavy atom. The van der Waals surface area contributed by atoms with Crippen molar-refractivity contribution in [2.24, 2.45) is 0 Å². The molecule has 1 aromatic heterocycles. The van der Waals surface area contributed by atoms with Crippen molar-refractivity contribution < 1.29 is 14.0 Å². The Morgan fingerprint density at radius 3 is 2.52 bits per heavy atom. The predicted octanol–water partition coefficient (Wildman–Crippen LogP) is 5.85. The number of rotatable bonds is 7. The summed E-state index contributed by atoms with van der Waals surface area (Å²) in [6.45, 7) is 6.24. The summed E-state index contributed by atoms with van der Waals surface area (Å²) >= 11 is 0. The highest BCUT2D eigenvalue weighted by Crippen LogP contribution is 2.42. The molecule has 3 aromatic rings. The fourth-order valence-electron chi connectivity index (χ4n) is 3.40. The molecule has 0 radical (unpaired) electrons. The number of hydrogen-bond acceptors (Lipinski definition) is 5. The first-order valence-electron chi connectivity index (χ1n) is 9.71. The number of nitrogens with zero attached hydrogens (tertiary/aromatic N) is 1. The van der Waals surface area contributed by atoms with Gasteiger partial charge in [-0.2, -0.15) is 0 Å². The minimum Gasteiger partial charge on any atom is -0.493 e. The summed E-state index contributed by atoms with van der Waals surface area (Å²) in [4.78, 5) is 0. The molecule has 0 unspecified atom stereocenters. The lowest BCUT2D eigenvalue weighted by atomic mass is 9.95. The van der Waals surface area contributed by atoms with Crippen LogP contribution >= 0.6 is 0 Å². The average Bonchev–Trinajstić information content (AvgIpc) is 3.21. The summed E-state index contributed by atoms with van der Waals surface area (Å²) < 4.78 is 16.8. The standard InChI is InChI=1S/C24H28N2O3/c1-6-7-8-16-9-10-17(12-21(16)25)20-14-26-29-23(20)18-11-19(15(2)3)24(28-5)22(13-18)27-4/h6-7,9-15H,8,25H2,1-5H3/b7-6-. The minimum absolute atomic E-state index is 0.256. The maximum absolute atomic E-state index is 6.28. The van der Waals surface area contributed by atoms with Crippen molar-refractivity contribution in [3.63, 3.8) is 0 Å². The molecule has 0 atom stereocenters. The van der Waals surface area contributed by atoms with Gasteiger partial charge in [0.2, 0.25) is 0 Å². The highest BCUT2D eigenvalue weighted by Gasteiger charge is 2.20. The molecule has 5 heteroatoms. The minimum atomic E-state index is 0.256. The van der Waals surface area contributed by atoms with E-state index >= 15 is 0 Å². The van der Waals surface area contributed by atoms with Crippen LogP contribution in [0.1, 0.15) is 37.8 Å². The number of anilines is 1. The van der Waals surface area contributed by atoms with Crippen molar-refractivity contribution in [1.82, 2.24) is 5.16 Å². The number of methoxy groups -OCH3 is 2. The first-order chi connectivity index (χ1) is 14.0. The molecular weight excluding hydrogens is 364 g/mol. The second-order valence-electron chi connectivity index (χ2n) is 7.21. The van der Waals surface area contributed by atoms with Crippen LogP contribution in [-0.4, -0.2) is 19.4 Å². The number of nitrogen functional groups attached to an aromatic ring is 1. The van der Waals surface area contributed by atoms with Crippen LogP contribution in [0.3, 0.4) is 0 Å². The van der Waals surface area contributed by atoms with Gasteiger partial charge in [-0.05, 0) is 48.6 Å². The van der Waals surface area contributed by atoms with Gasteiger partial charge in [0.25, 0.3) is 0 Å². The van der Waals surface area contributed by atoms with Crippen molar-refractivity contribution >= 4 is 5.69 Å². The van der Waals surface area contributed by atoms with E-state index < -0.39 is 0 Å². The Bertz CT molecular complexity index is 1020. The Hall–Kier alpha value is -3.21. The van der Waals surface area contributed by atoms with Crippen LogP contribution in [0.4, 0.5) is 5.69 Å². The Labute approximate surface area is 172 Å². The van der Waals surface area contributed by atoms with Gasteiger partial charge in [0.1, 0.15) is 0 Å². The summed E-state index contributed by atoms with van der Waals surface area (Å²) in [6.07, 6.45) is 6.65. The van der Waals surface area contributed by atoms with Crippen molar-refractivity contribution in [3.8, 4) is 33.9 Å². The molecule has 3 rings (SSSR count). The molecule has 0 saturated heterocycles. The van der Waals surface area contributed by atoms with Crippen LogP contribution in [0.2, 0.25) is 0 Å². The lowest BCUT2D eigenvalue weighted by molar-refractivity contribution is 0.350. The van der Waals surface area contributed by atoms with E-state index in [0.29, 0.717) is 11.5 Å². The number of aromatic nitrogens is 1. The fraction of sp³-hybridized carbons (Fsp3) is 0.292. The maximum Gasteiger partial charge on any atom is 0.174 e. The first kappa shape index (κ1) is 20.5. The summed E-state index contributed by atoms with van der Waals surface area (Å²) in [5, 5.41) is 4.05. The van der Waals surface area contributed by atoms with Crippen LogP contribution < -0.4 is 15.2 Å². The Balaban J connectivity index is 2.09. The van der Waals surface area contributed by atoms with E-state index in [1.807, 2.05) is 25.1 Å². The third kappa shape index (κ3) is 4.14. The molecule has 2 N–H and O–H groups in total. The molecule has 0 bridgehead atoms. The monoisotopic (exact) mass is 392 g/mol. The Kier molecular flexibility index (Phi) is 6.27. The number of nitrogens with two attached hydrogens (primary N) is 1. The third-order valence-electron chi connectivity index (χ3n) is 4.99. The van der Waals surface area contributed by atoms with Gasteiger partial charge in [-0.1, -0.05) is 43.3 Å². The molecule has 0 amide bonds. The molecule has 152 valence electrons. The van der Waals surface area contributed by atoms with Crippen LogP contribution in [0.15, 0.2) is 53.2 Å². The molecule has 2 aromatic carbocycles. The fourth-order valence-corrected chi connectivity index (χ4v) is 3.40. The van der Waals surface area contributed by atoms with Crippen LogP contribution in [-0.2, 0) is 6.42 Å². The van der Waals surface area contributed by atoms with Gasteiger partial charge in [-0.25, -0.2) is 0 Å². The van der Waals surface area contributed by atoms with Gasteiger partial charge in [-0.15, -0.1) is 0 Å². The zero-order chi connectivity index (χ0) is 21.0. The smallest absolute Gasteiger partial charge is 0.174 e. The quantitative estimate of drug-likeness (QED) is 0.403. The molecule has 0 aliphatic heterocycles. The molecule has 0 aliphatic rings. The number of allylic oxidation sites excluding steroid dienone is 2. The Morgan fingerprint density at radius 2 is 1.90 bits per heavy atom. The van der Waals surface area contributed by atoms with E-state index in [4.69, 9.17) is 19.7 Å². The molecule has 0 aliphatic carbocycles. The zero-order valence-electron chi connectivity index (χ0n) is 17.7. The average molecular weight is 392 g/mol. The molecule has 29 heavy (non-hydrogen) atoms. The van der Waals surface area contributed by atoms with Gasteiger partial charge in [0.05, 0.1) is 20.4 Å². The van der Waals surface area contributed by atoms with E-state index in [0.717, 1.165) is 45.7 Å². The second kappa shape index (κ2) is 8.86. The number of benzene rings is 2. The largest absolute Gasteiger partial charge is 0.493 e. The SMILES string of the molecule is C/C=C\Cc1ccc(-c2cnoc2-c2cc(OC)c(OC)c(C(C)C)c2)cc1N. The summed E-state index contributed by atoms with van der Waals surface area (Å²) in [5.74, 6) is 2.34. The van der Waals surface area contributed by atoms with Crippen molar-refractivity contribution in [3.05, 3.63) is 59.8 Å². The lowest BCUT2D eigenvalue weighted by Gasteiger charge is -2.17. The first-order valence-corrected chi connectivity index (χ1v) is 9.71. The normalized spacial score (nSPS) is 11.4. The van der Waals surface area contributed by atoms with Crippen molar-refractivity contribution in [2.75, 3.05) is 20.0 Å². The maximum atomic E-state index is 6.28. The van der Waals surface area contributed by atoms with Gasteiger partial charge < -0.3 is 19.7 Å². The van der Waals surface area contributed by atoms with E-state index in [1.54, 1.807) is 20.4 Å². The number of hydrogen-bond donors (Lipinski definition) is 1. The van der Waals surface area contributed by atoms with Gasteiger partial charge in [0.15, 0.2) is 17.3 Å². The molecule has 1 heterocycles. The molecular formula is C24H28N2O3. The van der Waals surface area contributed by atoms with Crippen LogP contribution in [0.5, 0.6) is 11.5 Å². The predicted molar refractivity (Wildman–Crippen MR) is 117 cm³/mol. The van der Waals surface area contributed by atoms with E-state index in [9.17, 15) is 0 Å². The van der Waals surface area contributed by atoms with E-state index in [2.05, 4.69) is 43.3 Å². The molecule has 5 nitrogen and oxygen atoms in total. The molecule has 0 fully saturated rings. The molecule has 0 saturated carbocycles. The highest BCUT2D eigenvalue weighted by molar-refractivity contribution is 5.82. The zero-order valence-corrected chi connectivity index (χ0v) is 17.7. The topological polar surface area (TPSA) is 70.5 Å². The third-order valence-corrected chi connectivity index (χ3v) is 4.99. The number of ether oxygens (including phenoxy) is 2. The summed E-state index contributed by atoms with van der Waals surface area (Å²) in [6, 6.07) is 10.1. The summed E-state index contributed by atoms with van der Waals surface area (Å²) in [5.41, 5.74) is 11.9. The lowest BCUT2D eigenvalue weighted by Crippen LogP contribution is -1.99. The van der Waals surface area contributed by atoms with E-state index in [1.165, 1.54) is 0 Å².